The molecule has 1 aliphatic carbocycles. The van der Waals surface area contributed by atoms with Crippen molar-refractivity contribution in [3.63, 3.8) is 0 Å². The Bertz CT molecular complexity index is 1480. The number of halogens is 1. The van der Waals surface area contributed by atoms with Gasteiger partial charge in [-0.1, -0.05) is 72.3 Å². The van der Waals surface area contributed by atoms with Gasteiger partial charge in [-0.3, -0.25) is 4.18 Å². The summed E-state index contributed by atoms with van der Waals surface area (Å²) in [6, 6.07) is 18.0. The fourth-order valence-corrected chi connectivity index (χ4v) is 5.26. The van der Waals surface area contributed by atoms with Crippen molar-refractivity contribution >= 4 is 44.8 Å². The van der Waals surface area contributed by atoms with E-state index in [9.17, 15) is 13.5 Å². The third-order valence-electron chi connectivity index (χ3n) is 6.65. The Morgan fingerprint density at radius 2 is 1.92 bits per heavy atom. The van der Waals surface area contributed by atoms with Gasteiger partial charge in [-0.25, -0.2) is 4.98 Å². The van der Waals surface area contributed by atoms with E-state index in [1.165, 1.54) is 0 Å². The average molecular weight is 538 g/mol. The van der Waals surface area contributed by atoms with Gasteiger partial charge < -0.3 is 5.11 Å². The Morgan fingerprint density at radius 3 is 2.68 bits per heavy atom. The monoisotopic (exact) mass is 537 g/mol. The second-order valence-electron chi connectivity index (χ2n) is 10.1. The molecule has 0 radical (unpaired) electrons. The highest BCUT2D eigenvalue weighted by atomic mass is 35.5. The quantitative estimate of drug-likeness (QED) is 0.242. The van der Waals surface area contributed by atoms with Crippen LogP contribution in [0.4, 0.5) is 0 Å². The zero-order chi connectivity index (χ0) is 26.7. The standard InChI is InChI=1S/C30H32ClNO4S/c1-29(2,33)25-9-5-16-30(21-25,17-6-18-36-37(3,34)35)24-8-4-7-22(19-24)10-14-27-15-12-23-11-13-26(31)20-28(23)32-27/h4-5,7-16,19-20,33H,6,17-18,21H2,1-3H3/t30-/m0/s1. The van der Waals surface area contributed by atoms with E-state index in [0.717, 1.165) is 39.6 Å². The molecule has 0 unspecified atom stereocenters. The lowest BCUT2D eigenvalue weighted by Crippen LogP contribution is -2.33. The van der Waals surface area contributed by atoms with Crippen molar-refractivity contribution in [2.45, 2.75) is 44.1 Å². The summed E-state index contributed by atoms with van der Waals surface area (Å²) in [5.41, 5.74) is 3.37. The Labute approximate surface area is 224 Å². The van der Waals surface area contributed by atoms with Gasteiger partial charge in [-0.05, 0) is 74.1 Å². The van der Waals surface area contributed by atoms with Crippen LogP contribution >= 0.6 is 11.6 Å². The largest absolute Gasteiger partial charge is 0.386 e. The van der Waals surface area contributed by atoms with Gasteiger partial charge >= 0.3 is 0 Å². The van der Waals surface area contributed by atoms with E-state index in [1.807, 2.05) is 66.8 Å². The number of rotatable bonds is 9. The van der Waals surface area contributed by atoms with E-state index in [1.54, 1.807) is 13.8 Å². The summed E-state index contributed by atoms with van der Waals surface area (Å²) in [6.07, 6.45) is 13.0. The number of hydrogen-bond donors (Lipinski definition) is 1. The van der Waals surface area contributed by atoms with Crippen LogP contribution in [-0.4, -0.2) is 37.0 Å². The minimum absolute atomic E-state index is 0.118. The average Bonchev–Trinajstić information content (AvgIpc) is 2.84. The molecule has 37 heavy (non-hydrogen) atoms. The molecule has 0 saturated heterocycles. The lowest BCUT2D eigenvalue weighted by Gasteiger charge is -2.38. The molecule has 1 aliphatic rings. The van der Waals surface area contributed by atoms with Crippen molar-refractivity contribution < 1.29 is 17.7 Å². The maximum absolute atomic E-state index is 11.4. The van der Waals surface area contributed by atoms with Gasteiger partial charge in [0.05, 0.1) is 29.7 Å². The summed E-state index contributed by atoms with van der Waals surface area (Å²) >= 11 is 6.13. The number of allylic oxidation sites excluding steroid dienone is 3. The summed E-state index contributed by atoms with van der Waals surface area (Å²) in [5, 5.41) is 12.4. The van der Waals surface area contributed by atoms with Crippen molar-refractivity contribution in [3.8, 4) is 0 Å². The molecule has 2 aromatic carbocycles. The van der Waals surface area contributed by atoms with E-state index < -0.39 is 21.1 Å². The highest BCUT2D eigenvalue weighted by molar-refractivity contribution is 7.85. The molecule has 1 heterocycles. The SMILES string of the molecule is CC(C)(O)C1=CC=C[C@@](CCCOS(C)(=O)=O)(c2cccc(C=Cc3ccc4ccc(Cl)cc4n3)c2)C1. The Kier molecular flexibility index (Phi) is 8.05. The predicted octanol–water partition coefficient (Wildman–Crippen LogP) is 6.71. The van der Waals surface area contributed by atoms with E-state index in [4.69, 9.17) is 20.8 Å². The molecule has 194 valence electrons. The molecule has 0 spiro atoms. The third-order valence-corrected chi connectivity index (χ3v) is 7.48. The maximum Gasteiger partial charge on any atom is 0.264 e. The van der Waals surface area contributed by atoms with Gasteiger partial charge in [0.15, 0.2) is 0 Å². The number of fused-ring (bicyclic) bond motifs is 1. The molecule has 4 rings (SSSR count). The molecule has 0 fully saturated rings. The van der Waals surface area contributed by atoms with Crippen molar-refractivity contribution in [2.24, 2.45) is 0 Å². The molecule has 3 aromatic rings. The fourth-order valence-electron chi connectivity index (χ4n) is 4.67. The van der Waals surface area contributed by atoms with Crippen molar-refractivity contribution in [3.05, 3.63) is 100 Å². The van der Waals surface area contributed by atoms with Crippen LogP contribution in [0.3, 0.4) is 0 Å². The van der Waals surface area contributed by atoms with Gasteiger partial charge in [0.25, 0.3) is 10.1 Å². The number of hydrogen-bond acceptors (Lipinski definition) is 5. The first-order chi connectivity index (χ1) is 17.4. The molecule has 0 amide bonds. The lowest BCUT2D eigenvalue weighted by atomic mass is 9.67. The molecule has 0 saturated carbocycles. The molecule has 1 N–H and O–H groups in total. The molecule has 7 heteroatoms. The van der Waals surface area contributed by atoms with Crippen LogP contribution in [0, 0.1) is 0 Å². The lowest BCUT2D eigenvalue weighted by molar-refractivity contribution is 0.111. The highest BCUT2D eigenvalue weighted by Crippen LogP contribution is 2.42. The van der Waals surface area contributed by atoms with Gasteiger partial charge in [0.2, 0.25) is 0 Å². The van der Waals surface area contributed by atoms with Gasteiger partial charge in [-0.2, -0.15) is 8.42 Å². The third kappa shape index (κ3) is 7.17. The van der Waals surface area contributed by atoms with E-state index in [2.05, 4.69) is 18.2 Å². The predicted molar refractivity (Wildman–Crippen MR) is 152 cm³/mol. The summed E-state index contributed by atoms with van der Waals surface area (Å²) in [5.74, 6) is 0. The fraction of sp³-hybridized carbons (Fsp3) is 0.300. The Morgan fingerprint density at radius 1 is 1.14 bits per heavy atom. The number of pyridine rings is 1. The van der Waals surface area contributed by atoms with Crippen LogP contribution in [0.25, 0.3) is 23.1 Å². The molecular weight excluding hydrogens is 506 g/mol. The molecule has 0 aliphatic heterocycles. The first-order valence-corrected chi connectivity index (χ1v) is 14.4. The molecule has 0 bridgehead atoms. The summed E-state index contributed by atoms with van der Waals surface area (Å²) < 4.78 is 27.9. The first kappa shape index (κ1) is 27.3. The normalized spacial score (nSPS) is 18.5. The zero-order valence-electron chi connectivity index (χ0n) is 21.3. The topological polar surface area (TPSA) is 76.5 Å². The minimum Gasteiger partial charge on any atom is -0.386 e. The minimum atomic E-state index is -3.49. The highest BCUT2D eigenvalue weighted by Gasteiger charge is 2.35. The molecule has 1 aromatic heterocycles. The van der Waals surface area contributed by atoms with Crippen molar-refractivity contribution in [1.82, 2.24) is 4.98 Å². The van der Waals surface area contributed by atoms with E-state index >= 15 is 0 Å². The van der Waals surface area contributed by atoms with Crippen LogP contribution in [0.1, 0.15) is 49.9 Å². The summed E-state index contributed by atoms with van der Waals surface area (Å²) in [7, 11) is -3.49. The smallest absolute Gasteiger partial charge is 0.264 e. The molecule has 5 nitrogen and oxygen atoms in total. The Hall–Kier alpha value is -2.77. The van der Waals surface area contributed by atoms with E-state index in [0.29, 0.717) is 24.3 Å². The van der Waals surface area contributed by atoms with Crippen LogP contribution in [0.5, 0.6) is 0 Å². The summed E-state index contributed by atoms with van der Waals surface area (Å²) in [6.45, 7) is 3.70. The second-order valence-corrected chi connectivity index (χ2v) is 12.2. The van der Waals surface area contributed by atoms with E-state index in [-0.39, 0.29) is 6.61 Å². The van der Waals surface area contributed by atoms with Gasteiger partial charge in [-0.15, -0.1) is 0 Å². The number of benzene rings is 2. The van der Waals surface area contributed by atoms with Gasteiger partial charge in [0, 0.05) is 15.8 Å². The first-order valence-electron chi connectivity index (χ1n) is 12.2. The Balaban J connectivity index is 1.62. The molecule has 1 atom stereocenters. The number of nitrogens with zero attached hydrogens (tertiary/aromatic N) is 1. The second kappa shape index (κ2) is 10.9. The van der Waals surface area contributed by atoms with Crippen LogP contribution < -0.4 is 0 Å². The summed E-state index contributed by atoms with van der Waals surface area (Å²) in [4.78, 5) is 4.70. The molecular formula is C30H32ClNO4S. The van der Waals surface area contributed by atoms with Crippen molar-refractivity contribution in [2.75, 3.05) is 12.9 Å². The zero-order valence-corrected chi connectivity index (χ0v) is 22.9. The van der Waals surface area contributed by atoms with Crippen LogP contribution in [-0.2, 0) is 19.7 Å². The van der Waals surface area contributed by atoms with Gasteiger partial charge in [0.1, 0.15) is 0 Å². The number of aliphatic hydroxyl groups is 1. The maximum atomic E-state index is 11.4. The van der Waals surface area contributed by atoms with Crippen LogP contribution in [0.2, 0.25) is 5.02 Å². The number of aromatic nitrogens is 1. The van der Waals surface area contributed by atoms with Crippen molar-refractivity contribution in [1.29, 1.82) is 0 Å². The van der Waals surface area contributed by atoms with Crippen LogP contribution in [0.15, 0.2) is 78.4 Å².